The fourth-order valence-electron chi connectivity index (χ4n) is 3.23. The van der Waals surface area contributed by atoms with Crippen LogP contribution < -0.4 is 10.1 Å². The quantitative estimate of drug-likeness (QED) is 0.675. The fraction of sp³-hybridized carbons (Fsp3) is 0.263. The zero-order chi connectivity index (χ0) is 19.8. The minimum Gasteiger partial charge on any atom is -0.453 e. The summed E-state index contributed by atoms with van der Waals surface area (Å²) in [6, 6.07) is 5.74. The highest BCUT2D eigenvalue weighted by Gasteiger charge is 2.34. The maximum absolute atomic E-state index is 14.5. The molecule has 1 aliphatic rings. The summed E-state index contributed by atoms with van der Waals surface area (Å²) in [7, 11) is 1.65. The third-order valence-electron chi connectivity index (χ3n) is 4.77. The van der Waals surface area contributed by atoms with Gasteiger partial charge in [0, 0.05) is 31.5 Å². The minimum atomic E-state index is -0.738. The van der Waals surface area contributed by atoms with Crippen molar-refractivity contribution in [2.45, 2.75) is 13.3 Å². The highest BCUT2D eigenvalue weighted by Crippen LogP contribution is 2.32. The highest BCUT2D eigenvalue weighted by atomic mass is 19.1. The first-order valence-corrected chi connectivity index (χ1v) is 8.77. The molecule has 0 aliphatic carbocycles. The summed E-state index contributed by atoms with van der Waals surface area (Å²) in [5.74, 6) is -1.62. The number of benzene rings is 1. The van der Waals surface area contributed by atoms with Crippen molar-refractivity contribution in [1.82, 2.24) is 20.1 Å². The summed E-state index contributed by atoms with van der Waals surface area (Å²) in [5.41, 5.74) is 1.50. The first-order valence-electron chi connectivity index (χ1n) is 8.77. The summed E-state index contributed by atoms with van der Waals surface area (Å²) in [5, 5.41) is 10.1. The molecule has 0 spiro atoms. The fourth-order valence-corrected chi connectivity index (χ4v) is 3.23. The number of aromatic nitrogens is 3. The van der Waals surface area contributed by atoms with E-state index in [4.69, 9.17) is 4.74 Å². The van der Waals surface area contributed by atoms with Crippen molar-refractivity contribution in [2.75, 3.05) is 18.9 Å². The van der Waals surface area contributed by atoms with Crippen molar-refractivity contribution in [3.8, 4) is 11.5 Å². The molecule has 3 heterocycles. The zero-order valence-corrected chi connectivity index (χ0v) is 15.3. The first-order chi connectivity index (χ1) is 13.4. The molecular formula is C19H18FN5O3. The van der Waals surface area contributed by atoms with Gasteiger partial charge in [-0.2, -0.15) is 5.10 Å². The number of carbonyl (C=O) groups is 2. The smallest absolute Gasteiger partial charge is 0.237 e. The molecule has 8 nitrogen and oxygen atoms in total. The van der Waals surface area contributed by atoms with E-state index in [-0.39, 0.29) is 17.3 Å². The van der Waals surface area contributed by atoms with Crippen molar-refractivity contribution in [1.29, 1.82) is 0 Å². The number of amides is 2. The molecule has 144 valence electrons. The van der Waals surface area contributed by atoms with Gasteiger partial charge in [0.2, 0.25) is 11.8 Å². The van der Waals surface area contributed by atoms with Crippen LogP contribution in [0.5, 0.6) is 11.5 Å². The lowest BCUT2D eigenvalue weighted by molar-refractivity contribution is -0.134. The number of nitrogens with zero attached hydrogens (tertiary/aromatic N) is 3. The average molecular weight is 383 g/mol. The van der Waals surface area contributed by atoms with Crippen molar-refractivity contribution in [3.05, 3.63) is 42.0 Å². The van der Waals surface area contributed by atoms with E-state index in [0.29, 0.717) is 35.4 Å². The normalized spacial score (nSPS) is 16.6. The molecule has 2 aromatic heterocycles. The number of nitrogens with one attached hydrogen (secondary N) is 2. The van der Waals surface area contributed by atoms with Crippen LogP contribution in [0.1, 0.15) is 12.1 Å². The molecule has 3 aromatic rings. The Bertz CT molecular complexity index is 1080. The van der Waals surface area contributed by atoms with E-state index in [1.807, 2.05) is 0 Å². The monoisotopic (exact) mass is 383 g/mol. The standard InChI is InChI=1S/C19H18FN5O3/c1-10-16-15(5-7-21-17(16)24-23-10)28-14-4-3-11(9-13(14)20)22-18(26)12-6-8-25(2)19(12)27/h3-5,7,9,12H,6,8H2,1-2H3,(H,22,26)(H,21,23,24). The Hall–Kier alpha value is -3.49. The second-order valence-corrected chi connectivity index (χ2v) is 6.68. The molecule has 0 bridgehead atoms. The summed E-state index contributed by atoms with van der Waals surface area (Å²) in [6.07, 6.45) is 1.99. The molecule has 9 heteroatoms. The average Bonchev–Trinajstić information content (AvgIpc) is 3.21. The summed E-state index contributed by atoms with van der Waals surface area (Å²) >= 11 is 0. The van der Waals surface area contributed by atoms with Gasteiger partial charge in [0.15, 0.2) is 17.2 Å². The summed E-state index contributed by atoms with van der Waals surface area (Å²) in [4.78, 5) is 29.9. The number of pyridine rings is 1. The molecule has 1 unspecified atom stereocenters. The van der Waals surface area contributed by atoms with Crippen molar-refractivity contribution in [3.63, 3.8) is 0 Å². The van der Waals surface area contributed by atoms with Gasteiger partial charge in [0.05, 0.1) is 11.1 Å². The topological polar surface area (TPSA) is 100 Å². The molecule has 1 fully saturated rings. The maximum atomic E-state index is 14.5. The number of halogens is 1. The Morgan fingerprint density at radius 3 is 2.89 bits per heavy atom. The van der Waals surface area contributed by atoms with Gasteiger partial charge in [-0.15, -0.1) is 0 Å². The number of hydrogen-bond donors (Lipinski definition) is 2. The van der Waals surface area contributed by atoms with Crippen LogP contribution in [0, 0.1) is 18.7 Å². The van der Waals surface area contributed by atoms with E-state index in [1.165, 1.54) is 23.2 Å². The van der Waals surface area contributed by atoms with E-state index in [9.17, 15) is 14.0 Å². The molecule has 1 aromatic carbocycles. The van der Waals surface area contributed by atoms with Gasteiger partial charge in [-0.05, 0) is 31.5 Å². The predicted octanol–water partition coefficient (Wildman–Crippen LogP) is 2.61. The van der Waals surface area contributed by atoms with Gasteiger partial charge in [-0.1, -0.05) is 0 Å². The molecule has 0 saturated carbocycles. The van der Waals surface area contributed by atoms with Crippen molar-refractivity contribution >= 4 is 28.5 Å². The second kappa shape index (κ2) is 6.91. The Morgan fingerprint density at radius 1 is 1.36 bits per heavy atom. The van der Waals surface area contributed by atoms with Crippen LogP contribution in [-0.4, -0.2) is 45.5 Å². The van der Waals surface area contributed by atoms with E-state index in [0.717, 1.165) is 6.07 Å². The SMILES string of the molecule is Cc1n[nH]c2nccc(Oc3ccc(NC(=O)C4CCN(C)C4=O)cc3F)c12. The molecule has 1 aliphatic heterocycles. The van der Waals surface area contributed by atoms with Gasteiger partial charge in [-0.3, -0.25) is 14.7 Å². The van der Waals surface area contributed by atoms with Crippen LogP contribution in [-0.2, 0) is 9.59 Å². The number of likely N-dealkylation sites (tertiary alicyclic amines) is 1. The highest BCUT2D eigenvalue weighted by molar-refractivity contribution is 6.07. The van der Waals surface area contributed by atoms with Crippen LogP contribution in [0.25, 0.3) is 11.0 Å². The Kier molecular flexibility index (Phi) is 4.42. The van der Waals surface area contributed by atoms with Crippen LogP contribution in [0.3, 0.4) is 0 Å². The number of carbonyl (C=O) groups excluding carboxylic acids is 2. The Labute approximate surface area is 159 Å². The summed E-state index contributed by atoms with van der Waals surface area (Å²) in [6.45, 7) is 2.33. The number of fused-ring (bicyclic) bond motifs is 1. The molecule has 4 rings (SSSR count). The van der Waals surface area contributed by atoms with Gasteiger partial charge in [-0.25, -0.2) is 9.37 Å². The molecule has 1 saturated heterocycles. The molecule has 2 N–H and O–H groups in total. The second-order valence-electron chi connectivity index (χ2n) is 6.68. The van der Waals surface area contributed by atoms with Gasteiger partial charge in [0.1, 0.15) is 11.7 Å². The first kappa shape index (κ1) is 17.9. The van der Waals surface area contributed by atoms with Crippen LogP contribution >= 0.6 is 0 Å². The number of aryl methyl sites for hydroxylation is 1. The summed E-state index contributed by atoms with van der Waals surface area (Å²) < 4.78 is 20.2. The Balaban J connectivity index is 1.52. The van der Waals surface area contributed by atoms with Crippen LogP contribution in [0.4, 0.5) is 10.1 Å². The number of H-pyrrole nitrogens is 1. The maximum Gasteiger partial charge on any atom is 0.237 e. The van der Waals surface area contributed by atoms with Crippen molar-refractivity contribution < 1.29 is 18.7 Å². The van der Waals surface area contributed by atoms with E-state index in [2.05, 4.69) is 20.5 Å². The molecule has 0 radical (unpaired) electrons. The molecule has 2 amide bonds. The van der Waals surface area contributed by atoms with E-state index < -0.39 is 17.6 Å². The number of hydrogen-bond acceptors (Lipinski definition) is 5. The lowest BCUT2D eigenvalue weighted by Gasteiger charge is -2.12. The zero-order valence-electron chi connectivity index (χ0n) is 15.3. The number of rotatable bonds is 4. The number of anilines is 1. The number of aromatic amines is 1. The molecular weight excluding hydrogens is 365 g/mol. The lowest BCUT2D eigenvalue weighted by Crippen LogP contribution is -2.30. The molecule has 28 heavy (non-hydrogen) atoms. The minimum absolute atomic E-state index is 0.00257. The largest absolute Gasteiger partial charge is 0.453 e. The van der Waals surface area contributed by atoms with Gasteiger partial charge < -0.3 is 15.0 Å². The van der Waals surface area contributed by atoms with E-state index in [1.54, 1.807) is 20.0 Å². The van der Waals surface area contributed by atoms with Crippen LogP contribution in [0.2, 0.25) is 0 Å². The molecule has 1 atom stereocenters. The van der Waals surface area contributed by atoms with Crippen LogP contribution in [0.15, 0.2) is 30.5 Å². The lowest BCUT2D eigenvalue weighted by atomic mass is 10.1. The van der Waals surface area contributed by atoms with Crippen molar-refractivity contribution in [2.24, 2.45) is 5.92 Å². The predicted molar refractivity (Wildman–Crippen MR) is 99.5 cm³/mol. The van der Waals surface area contributed by atoms with E-state index >= 15 is 0 Å². The number of ether oxygens (including phenoxy) is 1. The van der Waals surface area contributed by atoms with Gasteiger partial charge >= 0.3 is 0 Å². The third kappa shape index (κ3) is 3.15. The Morgan fingerprint density at radius 2 is 2.18 bits per heavy atom. The third-order valence-corrected chi connectivity index (χ3v) is 4.77. The van der Waals surface area contributed by atoms with Gasteiger partial charge in [0.25, 0.3) is 0 Å².